The molecule has 4 heterocycles. The molecule has 11 heteroatoms. The van der Waals surface area contributed by atoms with Crippen LogP contribution in [-0.2, 0) is 29.3 Å². The lowest BCUT2D eigenvalue weighted by Gasteiger charge is -2.46. The summed E-state index contributed by atoms with van der Waals surface area (Å²) in [5.74, 6) is -2.13. The van der Waals surface area contributed by atoms with E-state index in [-0.39, 0.29) is 19.1 Å². The lowest BCUT2D eigenvalue weighted by atomic mass is 9.65. The molecule has 0 aliphatic carbocycles. The smallest absolute Gasteiger partial charge is 0.324 e. The van der Waals surface area contributed by atoms with Crippen LogP contribution in [0.3, 0.4) is 0 Å². The number of aliphatic hydroxyl groups excluding tert-OH is 1. The van der Waals surface area contributed by atoms with Crippen LogP contribution in [0.2, 0.25) is 0 Å². The molecule has 6 atom stereocenters. The molecular weight excluding hydrogens is 709 g/mol. The summed E-state index contributed by atoms with van der Waals surface area (Å²) in [6.45, 7) is 2.81. The Kier molecular flexibility index (Phi) is 9.50. The van der Waals surface area contributed by atoms with Crippen molar-refractivity contribution in [3.8, 4) is 5.75 Å². The number of ether oxygens (including phenoxy) is 3. The van der Waals surface area contributed by atoms with Crippen molar-refractivity contribution in [1.82, 2.24) is 4.90 Å². The van der Waals surface area contributed by atoms with Crippen LogP contribution in [0.15, 0.2) is 133 Å². The summed E-state index contributed by atoms with van der Waals surface area (Å²) in [4.78, 5) is 49.6. The van der Waals surface area contributed by atoms with E-state index in [4.69, 9.17) is 14.2 Å². The van der Waals surface area contributed by atoms with Crippen LogP contribution in [0.5, 0.6) is 5.75 Å². The molecule has 0 radical (unpaired) electrons. The second-order valence-corrected chi connectivity index (χ2v) is 14.5. The first-order valence-corrected chi connectivity index (χ1v) is 19.0. The fourth-order valence-corrected chi connectivity index (χ4v) is 9.26. The Hall–Kier alpha value is -6.01. The molecule has 5 aromatic carbocycles. The van der Waals surface area contributed by atoms with Crippen molar-refractivity contribution >= 4 is 34.8 Å². The molecule has 5 aromatic rings. The Morgan fingerprint density at radius 1 is 0.786 bits per heavy atom. The number of carbonyl (C=O) groups is 3. The van der Waals surface area contributed by atoms with Crippen LogP contribution in [-0.4, -0.2) is 73.3 Å². The third kappa shape index (κ3) is 5.99. The van der Waals surface area contributed by atoms with E-state index in [1.807, 2.05) is 121 Å². The molecule has 4 aliphatic rings. The zero-order valence-corrected chi connectivity index (χ0v) is 30.6. The van der Waals surface area contributed by atoms with Gasteiger partial charge in [-0.2, -0.15) is 0 Å². The molecule has 0 saturated carbocycles. The van der Waals surface area contributed by atoms with Crippen LogP contribution in [0, 0.1) is 5.92 Å². The number of para-hydroxylation sites is 1. The largest absolute Gasteiger partial charge is 0.491 e. The fourth-order valence-electron chi connectivity index (χ4n) is 9.26. The van der Waals surface area contributed by atoms with Crippen molar-refractivity contribution in [3.05, 3.63) is 156 Å². The van der Waals surface area contributed by atoms with E-state index in [9.17, 15) is 9.90 Å². The molecule has 1 spiro atoms. The number of hydrogen-bond donors (Lipinski definition) is 3. The van der Waals surface area contributed by atoms with Crippen LogP contribution < -0.4 is 20.3 Å². The summed E-state index contributed by atoms with van der Waals surface area (Å²) in [7, 11) is 0. The van der Waals surface area contributed by atoms with Crippen molar-refractivity contribution in [3.63, 3.8) is 0 Å². The van der Waals surface area contributed by atoms with Crippen LogP contribution in [0.1, 0.15) is 40.4 Å². The first-order chi connectivity index (χ1) is 27.5. The summed E-state index contributed by atoms with van der Waals surface area (Å²) in [5, 5.41) is 15.7. The van der Waals surface area contributed by atoms with Gasteiger partial charge >= 0.3 is 5.97 Å². The number of morpholine rings is 2. The molecule has 4 aliphatic heterocycles. The fraction of sp³-hybridized carbons (Fsp3) is 0.267. The van der Waals surface area contributed by atoms with Crippen molar-refractivity contribution in [2.45, 2.75) is 29.6 Å². The number of benzene rings is 5. The Bertz CT molecular complexity index is 2210. The zero-order valence-electron chi connectivity index (χ0n) is 30.6. The SMILES string of the molecule is O=C1O[C@H](c2ccccc2)[C@H](c2ccccc2)N2[C@H]1[C@@H](C(=O)Nc1ccc(N3CCOCC3)cc1)[C@]1(C(=O)Nc3ccccc31)[C@H]2c1ccc(OCCO)cc1. The predicted octanol–water partition coefficient (Wildman–Crippen LogP) is 5.80. The van der Waals surface area contributed by atoms with E-state index in [0.29, 0.717) is 41.5 Å². The molecule has 11 nitrogen and oxygen atoms in total. The van der Waals surface area contributed by atoms with Gasteiger partial charge < -0.3 is 34.9 Å². The number of fused-ring (bicyclic) bond motifs is 3. The van der Waals surface area contributed by atoms with Crippen molar-refractivity contribution < 1.29 is 33.7 Å². The predicted molar refractivity (Wildman–Crippen MR) is 210 cm³/mol. The number of aliphatic hydroxyl groups is 1. The standard InChI is InChI=1S/C45H42N4O7/c50-25-28-55-34-21-15-31(16-22-34)41-45(35-13-7-8-14-36(35)47-44(45)53)37(42(51)46-32-17-19-33(20-18-32)48-23-26-54-27-24-48)39-43(52)56-40(30-11-5-2-6-12-30)38(49(39)41)29-9-3-1-4-10-29/h1-22,37-41,50H,23-28H2,(H,46,51)(H,47,53)/t37-,38-,39-,40+,41+,45-/m0/s1. The minimum atomic E-state index is -1.58. The van der Waals surface area contributed by atoms with Gasteiger partial charge in [-0.25, -0.2) is 0 Å². The van der Waals surface area contributed by atoms with E-state index in [2.05, 4.69) is 20.4 Å². The number of nitrogens with zero attached hydrogens (tertiary/aromatic N) is 2. The normalized spacial score (nSPS) is 25.6. The highest BCUT2D eigenvalue weighted by atomic mass is 16.6. The third-order valence-electron chi connectivity index (χ3n) is 11.6. The Morgan fingerprint density at radius 2 is 1.45 bits per heavy atom. The van der Waals surface area contributed by atoms with Gasteiger partial charge in [0, 0.05) is 30.2 Å². The van der Waals surface area contributed by atoms with E-state index < -0.39 is 47.4 Å². The minimum Gasteiger partial charge on any atom is -0.491 e. The monoisotopic (exact) mass is 750 g/mol. The Morgan fingerprint density at radius 3 is 2.14 bits per heavy atom. The number of rotatable bonds is 9. The Balaban J connectivity index is 1.23. The lowest BCUT2D eigenvalue weighted by molar-refractivity contribution is -0.177. The number of nitrogens with one attached hydrogen (secondary N) is 2. The van der Waals surface area contributed by atoms with Gasteiger partial charge in [-0.1, -0.05) is 91.0 Å². The van der Waals surface area contributed by atoms with Crippen molar-refractivity contribution in [2.75, 3.05) is 55.1 Å². The van der Waals surface area contributed by atoms with E-state index in [1.54, 1.807) is 12.1 Å². The number of hydrogen-bond acceptors (Lipinski definition) is 9. The second kappa shape index (κ2) is 14.9. The first-order valence-electron chi connectivity index (χ1n) is 19.0. The zero-order chi connectivity index (χ0) is 38.2. The summed E-state index contributed by atoms with van der Waals surface area (Å²) in [6.07, 6.45) is -0.761. The lowest BCUT2D eigenvalue weighted by Crippen LogP contribution is -2.53. The van der Waals surface area contributed by atoms with E-state index in [1.165, 1.54) is 0 Å². The average molecular weight is 751 g/mol. The molecule has 9 rings (SSSR count). The van der Waals surface area contributed by atoms with Gasteiger partial charge in [0.1, 0.15) is 29.9 Å². The number of amides is 2. The third-order valence-corrected chi connectivity index (χ3v) is 11.6. The highest BCUT2D eigenvalue weighted by Crippen LogP contribution is 2.64. The average Bonchev–Trinajstić information content (AvgIpc) is 3.73. The number of esters is 1. The quantitative estimate of drug-likeness (QED) is 0.160. The maximum absolute atomic E-state index is 15.3. The maximum Gasteiger partial charge on any atom is 0.324 e. The molecule has 56 heavy (non-hydrogen) atoms. The van der Waals surface area contributed by atoms with Crippen LogP contribution in [0.4, 0.5) is 17.1 Å². The number of anilines is 3. The number of carbonyl (C=O) groups excluding carboxylic acids is 3. The second-order valence-electron chi connectivity index (χ2n) is 14.5. The summed E-state index contributed by atoms with van der Waals surface area (Å²) in [6, 6.07) is 39.2. The molecule has 3 N–H and O–H groups in total. The summed E-state index contributed by atoms with van der Waals surface area (Å²) >= 11 is 0. The highest BCUT2D eigenvalue weighted by Gasteiger charge is 2.74. The molecule has 0 unspecified atom stereocenters. The first kappa shape index (κ1) is 35.7. The minimum absolute atomic E-state index is 0.118. The van der Waals surface area contributed by atoms with Gasteiger partial charge in [0.2, 0.25) is 11.8 Å². The van der Waals surface area contributed by atoms with Gasteiger partial charge in [0.25, 0.3) is 0 Å². The molecule has 284 valence electrons. The molecular formula is C45H42N4O7. The topological polar surface area (TPSA) is 130 Å². The van der Waals surface area contributed by atoms with Crippen LogP contribution >= 0.6 is 0 Å². The van der Waals surface area contributed by atoms with Gasteiger partial charge in [-0.3, -0.25) is 19.3 Å². The molecule has 3 fully saturated rings. The van der Waals surface area contributed by atoms with Crippen molar-refractivity contribution in [1.29, 1.82) is 0 Å². The van der Waals surface area contributed by atoms with Gasteiger partial charge in [0.15, 0.2) is 0 Å². The summed E-state index contributed by atoms with van der Waals surface area (Å²) < 4.78 is 17.8. The van der Waals surface area contributed by atoms with Crippen LogP contribution in [0.25, 0.3) is 0 Å². The molecule has 2 amide bonds. The van der Waals surface area contributed by atoms with Gasteiger partial charge in [-0.15, -0.1) is 0 Å². The maximum atomic E-state index is 15.3. The van der Waals surface area contributed by atoms with Gasteiger partial charge in [0.05, 0.1) is 37.8 Å². The number of cyclic esters (lactones) is 1. The van der Waals surface area contributed by atoms with Gasteiger partial charge in [-0.05, 0) is 64.7 Å². The Labute approximate surface area is 324 Å². The highest BCUT2D eigenvalue weighted by molar-refractivity contribution is 6.13. The molecule has 0 bridgehead atoms. The molecule has 0 aromatic heterocycles. The van der Waals surface area contributed by atoms with E-state index in [0.717, 1.165) is 29.9 Å². The summed E-state index contributed by atoms with van der Waals surface area (Å²) in [5.41, 5.74) is 3.56. The molecule has 3 saturated heterocycles. The van der Waals surface area contributed by atoms with Crippen molar-refractivity contribution in [2.24, 2.45) is 5.92 Å². The van der Waals surface area contributed by atoms with E-state index >= 15 is 9.59 Å².